The summed E-state index contributed by atoms with van der Waals surface area (Å²) in [5, 5.41) is 4.94. The summed E-state index contributed by atoms with van der Waals surface area (Å²) in [6.45, 7) is 4.15. The van der Waals surface area contributed by atoms with Crippen LogP contribution in [0.2, 0.25) is 5.02 Å². The highest BCUT2D eigenvalue weighted by atomic mass is 35.5. The highest BCUT2D eigenvalue weighted by Crippen LogP contribution is 2.22. The third-order valence-corrected chi connectivity index (χ3v) is 5.65. The number of aromatic nitrogens is 4. The smallest absolute Gasteiger partial charge is 0.222 e. The summed E-state index contributed by atoms with van der Waals surface area (Å²) in [5.41, 5.74) is 5.41. The van der Waals surface area contributed by atoms with Crippen LogP contribution < -0.4 is 10.2 Å². The lowest BCUT2D eigenvalue weighted by atomic mass is 10.1. The standard InChI is InChI=1S/C23H23ClN6O/c24-19-10-21-18(14-25-22(21)26-15-19)9-17-12-28-23(29-13-17)27-11-16-1-3-20(4-2-16)30-5-7-31-8-6-30/h1-4,10,12-15H,5-9,11H2,(H,25,26)(H,27,28,29). The fraction of sp³-hybridized carbons (Fsp3) is 0.261. The molecular formula is C23H23ClN6O. The summed E-state index contributed by atoms with van der Waals surface area (Å²) in [5.74, 6) is 0.615. The number of benzene rings is 1. The van der Waals surface area contributed by atoms with E-state index >= 15 is 0 Å². The van der Waals surface area contributed by atoms with E-state index in [9.17, 15) is 0 Å². The Morgan fingerprint density at radius 3 is 2.55 bits per heavy atom. The Bertz CT molecular complexity index is 1150. The summed E-state index contributed by atoms with van der Waals surface area (Å²) in [7, 11) is 0. The second kappa shape index (κ2) is 8.91. The van der Waals surface area contributed by atoms with Crippen LogP contribution in [0.25, 0.3) is 11.0 Å². The first-order valence-electron chi connectivity index (χ1n) is 10.3. The van der Waals surface area contributed by atoms with Crippen LogP contribution in [0.5, 0.6) is 0 Å². The van der Waals surface area contributed by atoms with Crippen LogP contribution in [0.4, 0.5) is 11.6 Å². The number of rotatable bonds is 6. The number of halogens is 1. The molecule has 1 aromatic carbocycles. The van der Waals surface area contributed by atoms with Crippen molar-refractivity contribution in [1.29, 1.82) is 0 Å². The van der Waals surface area contributed by atoms with Crippen molar-refractivity contribution in [3.63, 3.8) is 0 Å². The van der Waals surface area contributed by atoms with Gasteiger partial charge >= 0.3 is 0 Å². The molecule has 3 aromatic heterocycles. The van der Waals surface area contributed by atoms with E-state index in [2.05, 4.69) is 54.4 Å². The van der Waals surface area contributed by atoms with Crippen LogP contribution in [0.3, 0.4) is 0 Å². The number of fused-ring (bicyclic) bond motifs is 1. The lowest BCUT2D eigenvalue weighted by Crippen LogP contribution is -2.36. The molecule has 1 fully saturated rings. The predicted molar refractivity (Wildman–Crippen MR) is 123 cm³/mol. The van der Waals surface area contributed by atoms with E-state index in [4.69, 9.17) is 16.3 Å². The Hall–Kier alpha value is -3.16. The lowest BCUT2D eigenvalue weighted by Gasteiger charge is -2.28. The van der Waals surface area contributed by atoms with Gasteiger partial charge in [-0.3, -0.25) is 0 Å². The van der Waals surface area contributed by atoms with E-state index in [0.29, 0.717) is 23.9 Å². The number of aromatic amines is 1. The number of hydrogen-bond acceptors (Lipinski definition) is 6. The quantitative estimate of drug-likeness (QED) is 0.476. The zero-order valence-electron chi connectivity index (χ0n) is 17.0. The molecule has 8 heteroatoms. The molecule has 158 valence electrons. The first-order valence-corrected chi connectivity index (χ1v) is 10.7. The monoisotopic (exact) mass is 434 g/mol. The van der Waals surface area contributed by atoms with Gasteiger partial charge in [-0.2, -0.15) is 0 Å². The zero-order chi connectivity index (χ0) is 21.0. The van der Waals surface area contributed by atoms with Gasteiger partial charge in [0.2, 0.25) is 5.95 Å². The normalized spacial score (nSPS) is 14.2. The molecule has 1 aliphatic rings. The van der Waals surface area contributed by atoms with E-state index in [1.54, 1.807) is 6.20 Å². The highest BCUT2D eigenvalue weighted by Gasteiger charge is 2.11. The molecular weight excluding hydrogens is 412 g/mol. The van der Waals surface area contributed by atoms with Gasteiger partial charge in [-0.1, -0.05) is 23.7 Å². The lowest BCUT2D eigenvalue weighted by molar-refractivity contribution is 0.122. The Balaban J connectivity index is 1.19. The maximum absolute atomic E-state index is 6.09. The molecule has 1 aliphatic heterocycles. The summed E-state index contributed by atoms with van der Waals surface area (Å²) >= 11 is 6.09. The van der Waals surface area contributed by atoms with Crippen molar-refractivity contribution in [1.82, 2.24) is 19.9 Å². The van der Waals surface area contributed by atoms with Crippen LogP contribution in [-0.4, -0.2) is 46.2 Å². The molecule has 5 rings (SSSR count). The van der Waals surface area contributed by atoms with Gasteiger partial charge in [0.25, 0.3) is 0 Å². The Morgan fingerprint density at radius 1 is 1.00 bits per heavy atom. The van der Waals surface area contributed by atoms with E-state index in [1.807, 2.05) is 24.7 Å². The number of pyridine rings is 1. The van der Waals surface area contributed by atoms with Gasteiger partial charge in [-0.05, 0) is 34.9 Å². The van der Waals surface area contributed by atoms with Crippen LogP contribution in [0.1, 0.15) is 16.7 Å². The molecule has 7 nitrogen and oxygen atoms in total. The third kappa shape index (κ3) is 4.62. The second-order valence-corrected chi connectivity index (χ2v) is 8.01. The maximum atomic E-state index is 6.09. The van der Waals surface area contributed by atoms with Gasteiger partial charge in [0.1, 0.15) is 5.65 Å². The van der Waals surface area contributed by atoms with E-state index < -0.39 is 0 Å². The summed E-state index contributed by atoms with van der Waals surface area (Å²) < 4.78 is 5.42. The summed E-state index contributed by atoms with van der Waals surface area (Å²) in [4.78, 5) is 18.8. The number of nitrogens with zero attached hydrogens (tertiary/aromatic N) is 4. The number of hydrogen-bond donors (Lipinski definition) is 2. The molecule has 0 radical (unpaired) electrons. The van der Waals surface area contributed by atoms with Gasteiger partial charge in [0, 0.05) is 61.9 Å². The minimum Gasteiger partial charge on any atom is -0.378 e. The molecule has 0 bridgehead atoms. The topological polar surface area (TPSA) is 79.0 Å². The molecule has 0 aliphatic carbocycles. The average molecular weight is 435 g/mol. The molecule has 2 N–H and O–H groups in total. The van der Waals surface area contributed by atoms with Crippen LogP contribution in [0.15, 0.2) is 55.1 Å². The SMILES string of the molecule is Clc1cnc2[nH]cc(Cc3cnc(NCc4ccc(N5CCOCC5)cc4)nc3)c2c1. The maximum Gasteiger partial charge on any atom is 0.222 e. The largest absolute Gasteiger partial charge is 0.378 e. The summed E-state index contributed by atoms with van der Waals surface area (Å²) in [6.07, 6.45) is 8.03. The van der Waals surface area contributed by atoms with Crippen molar-refractivity contribution in [2.75, 3.05) is 36.5 Å². The third-order valence-electron chi connectivity index (χ3n) is 5.45. The van der Waals surface area contributed by atoms with Gasteiger partial charge in [0.15, 0.2) is 0 Å². The van der Waals surface area contributed by atoms with E-state index in [0.717, 1.165) is 48.5 Å². The van der Waals surface area contributed by atoms with E-state index in [-0.39, 0.29) is 0 Å². The molecule has 0 atom stereocenters. The Morgan fingerprint density at radius 2 is 1.77 bits per heavy atom. The van der Waals surface area contributed by atoms with Crippen LogP contribution in [0, 0.1) is 0 Å². The zero-order valence-corrected chi connectivity index (χ0v) is 17.8. The van der Waals surface area contributed by atoms with Crippen molar-refractivity contribution < 1.29 is 4.74 Å². The van der Waals surface area contributed by atoms with Crippen molar-refractivity contribution in [2.24, 2.45) is 0 Å². The van der Waals surface area contributed by atoms with Crippen molar-refractivity contribution in [3.8, 4) is 0 Å². The Kier molecular flexibility index (Phi) is 5.69. The van der Waals surface area contributed by atoms with Gasteiger partial charge in [-0.15, -0.1) is 0 Å². The molecule has 4 heterocycles. The minimum absolute atomic E-state index is 0.615. The first-order chi connectivity index (χ1) is 15.2. The first kappa shape index (κ1) is 19.8. The van der Waals surface area contributed by atoms with Crippen molar-refractivity contribution in [2.45, 2.75) is 13.0 Å². The molecule has 31 heavy (non-hydrogen) atoms. The molecule has 0 unspecified atom stereocenters. The van der Waals surface area contributed by atoms with Gasteiger partial charge in [0.05, 0.1) is 18.2 Å². The minimum atomic E-state index is 0.615. The van der Waals surface area contributed by atoms with Crippen LogP contribution >= 0.6 is 11.6 Å². The Labute approximate surface area is 185 Å². The molecule has 0 amide bonds. The fourth-order valence-electron chi connectivity index (χ4n) is 3.76. The van der Waals surface area contributed by atoms with Crippen LogP contribution in [-0.2, 0) is 17.7 Å². The highest BCUT2D eigenvalue weighted by molar-refractivity contribution is 6.31. The molecule has 4 aromatic rings. The second-order valence-electron chi connectivity index (χ2n) is 7.57. The van der Waals surface area contributed by atoms with Crippen molar-refractivity contribution in [3.05, 3.63) is 76.8 Å². The van der Waals surface area contributed by atoms with Crippen molar-refractivity contribution >= 4 is 34.3 Å². The molecule has 0 saturated carbocycles. The van der Waals surface area contributed by atoms with E-state index in [1.165, 1.54) is 11.3 Å². The number of H-pyrrole nitrogens is 1. The number of nitrogens with one attached hydrogen (secondary N) is 2. The predicted octanol–water partition coefficient (Wildman–Crippen LogP) is 4.05. The summed E-state index contributed by atoms with van der Waals surface area (Å²) in [6, 6.07) is 10.5. The fourth-order valence-corrected chi connectivity index (χ4v) is 3.92. The number of ether oxygens (including phenoxy) is 1. The number of anilines is 2. The molecule has 0 spiro atoms. The number of morpholine rings is 1. The van der Waals surface area contributed by atoms with Gasteiger partial charge in [-0.25, -0.2) is 15.0 Å². The van der Waals surface area contributed by atoms with Gasteiger partial charge < -0.3 is 19.9 Å². The molecule has 1 saturated heterocycles. The average Bonchev–Trinajstić information content (AvgIpc) is 3.21.